The molecule has 3 nitrogen and oxygen atoms in total. The van der Waals surface area contributed by atoms with Crippen LogP contribution in [0.25, 0.3) is 0 Å². The zero-order valence-electron chi connectivity index (χ0n) is 12.3. The largest absolute Gasteiger partial charge is 0.292 e. The molecular weight excluding hydrogens is 260 g/mol. The number of Topliss-reactive ketones (excluding diaryl/α,β-unsaturated/α-hetero) is 1. The van der Waals surface area contributed by atoms with E-state index in [4.69, 9.17) is 0 Å². The summed E-state index contributed by atoms with van der Waals surface area (Å²) in [6, 6.07) is 5.48. The Balaban J connectivity index is 3.29. The van der Waals surface area contributed by atoms with Crippen LogP contribution in [0.2, 0.25) is 0 Å². The molecule has 0 N–H and O–H groups in total. The van der Waals surface area contributed by atoms with Crippen LogP contribution in [0.15, 0.2) is 18.2 Å². The summed E-state index contributed by atoms with van der Waals surface area (Å²) in [5, 5.41) is 0. The Morgan fingerprint density at radius 1 is 1.11 bits per heavy atom. The van der Waals surface area contributed by atoms with Crippen molar-refractivity contribution in [3.8, 4) is 0 Å². The minimum absolute atomic E-state index is 0.340. The lowest BCUT2D eigenvalue weighted by Crippen LogP contribution is -2.40. The highest BCUT2D eigenvalue weighted by molar-refractivity contribution is 7.92. The van der Waals surface area contributed by atoms with E-state index in [1.54, 1.807) is 6.07 Å². The molecule has 0 amide bonds. The Hall–Kier alpha value is -1.16. The van der Waals surface area contributed by atoms with E-state index in [-0.39, 0.29) is 5.78 Å². The van der Waals surface area contributed by atoms with E-state index in [9.17, 15) is 13.2 Å². The summed E-state index contributed by atoms with van der Waals surface area (Å²) in [7, 11) is -3.43. The van der Waals surface area contributed by atoms with Crippen LogP contribution in [0.1, 0.15) is 49.2 Å². The van der Waals surface area contributed by atoms with Gasteiger partial charge in [-0.15, -0.1) is 0 Å². The summed E-state index contributed by atoms with van der Waals surface area (Å²) < 4.78 is 22.1. The van der Waals surface area contributed by atoms with Gasteiger partial charge in [0, 0.05) is 11.8 Å². The highest BCUT2D eigenvalue weighted by Gasteiger charge is 2.38. The molecule has 1 aromatic carbocycles. The van der Waals surface area contributed by atoms with Crippen LogP contribution in [0.5, 0.6) is 0 Å². The van der Waals surface area contributed by atoms with E-state index in [0.717, 1.165) is 24.7 Å². The molecule has 0 bridgehead atoms. The standard InChI is InChI=1S/C15H22O3S/c1-6-11-8-9-13(10-12(11)7-2)14(16)15(3,4)19(5,17)18/h8-10H,6-7H2,1-5H3. The molecule has 1 rings (SSSR count). The van der Waals surface area contributed by atoms with Crippen LogP contribution in [0.3, 0.4) is 0 Å². The highest BCUT2D eigenvalue weighted by Crippen LogP contribution is 2.23. The average Bonchev–Trinajstić information content (AvgIpc) is 2.35. The van der Waals surface area contributed by atoms with Gasteiger partial charge in [0.1, 0.15) is 4.75 Å². The number of hydrogen-bond donors (Lipinski definition) is 0. The SMILES string of the molecule is CCc1ccc(C(=O)C(C)(C)S(C)(=O)=O)cc1CC. The molecule has 0 aliphatic heterocycles. The molecule has 0 aliphatic carbocycles. The molecule has 0 saturated carbocycles. The predicted molar refractivity (Wildman–Crippen MR) is 78.5 cm³/mol. The molecule has 1 aromatic rings. The molecule has 106 valence electrons. The fourth-order valence-electron chi connectivity index (χ4n) is 1.96. The van der Waals surface area contributed by atoms with E-state index in [1.165, 1.54) is 19.4 Å². The van der Waals surface area contributed by atoms with Gasteiger partial charge in [0.2, 0.25) is 0 Å². The monoisotopic (exact) mass is 282 g/mol. The maximum Gasteiger partial charge on any atom is 0.183 e. The number of rotatable bonds is 5. The van der Waals surface area contributed by atoms with Gasteiger partial charge in [-0.2, -0.15) is 0 Å². The maximum atomic E-state index is 12.4. The summed E-state index contributed by atoms with van der Waals surface area (Å²) in [5.74, 6) is -0.340. The minimum atomic E-state index is -3.43. The lowest BCUT2D eigenvalue weighted by Gasteiger charge is -2.21. The maximum absolute atomic E-state index is 12.4. The fraction of sp³-hybridized carbons (Fsp3) is 0.533. The minimum Gasteiger partial charge on any atom is -0.292 e. The van der Waals surface area contributed by atoms with Gasteiger partial charge in [0.25, 0.3) is 0 Å². The van der Waals surface area contributed by atoms with Crippen molar-refractivity contribution in [1.29, 1.82) is 0 Å². The van der Waals surface area contributed by atoms with E-state index >= 15 is 0 Å². The van der Waals surface area contributed by atoms with E-state index in [1.807, 2.05) is 19.1 Å². The van der Waals surface area contributed by atoms with Gasteiger partial charge in [-0.25, -0.2) is 8.42 Å². The van der Waals surface area contributed by atoms with Crippen molar-refractivity contribution >= 4 is 15.6 Å². The normalized spacial score (nSPS) is 12.5. The second-order valence-corrected chi connectivity index (χ2v) is 7.87. The number of sulfone groups is 1. The van der Waals surface area contributed by atoms with Gasteiger partial charge in [0.05, 0.1) is 0 Å². The number of hydrogen-bond acceptors (Lipinski definition) is 3. The first-order valence-corrected chi connectivity index (χ1v) is 8.40. The number of ketones is 1. The Morgan fingerprint density at radius 2 is 1.63 bits per heavy atom. The molecule has 4 heteroatoms. The molecular formula is C15H22O3S. The summed E-state index contributed by atoms with van der Waals surface area (Å²) in [4.78, 5) is 12.4. The molecule has 0 fully saturated rings. The van der Waals surface area contributed by atoms with Crippen molar-refractivity contribution in [1.82, 2.24) is 0 Å². The van der Waals surface area contributed by atoms with Crippen LogP contribution in [0, 0.1) is 0 Å². The lowest BCUT2D eigenvalue weighted by atomic mass is 9.94. The smallest absolute Gasteiger partial charge is 0.183 e. The molecule has 0 radical (unpaired) electrons. The van der Waals surface area contributed by atoms with Crippen LogP contribution in [-0.2, 0) is 22.7 Å². The van der Waals surface area contributed by atoms with E-state index < -0.39 is 14.6 Å². The van der Waals surface area contributed by atoms with E-state index in [2.05, 4.69) is 6.92 Å². The van der Waals surface area contributed by atoms with E-state index in [0.29, 0.717) is 5.56 Å². The van der Waals surface area contributed by atoms with Crippen LogP contribution in [0.4, 0.5) is 0 Å². The van der Waals surface area contributed by atoms with Gasteiger partial charge in [0.15, 0.2) is 15.6 Å². The third-order valence-corrected chi connectivity index (χ3v) is 5.74. The average molecular weight is 282 g/mol. The second kappa shape index (κ2) is 5.45. The van der Waals surface area contributed by atoms with Crippen LogP contribution < -0.4 is 0 Å². The Morgan fingerprint density at radius 3 is 2.05 bits per heavy atom. The van der Waals surface area contributed by atoms with Crippen LogP contribution >= 0.6 is 0 Å². The molecule has 0 aromatic heterocycles. The first-order chi connectivity index (χ1) is 8.65. The molecule has 0 spiro atoms. The molecule has 0 unspecified atom stereocenters. The number of benzene rings is 1. The first kappa shape index (κ1) is 15.9. The summed E-state index contributed by atoms with van der Waals surface area (Å²) >= 11 is 0. The second-order valence-electron chi connectivity index (χ2n) is 5.30. The highest BCUT2D eigenvalue weighted by atomic mass is 32.2. The third-order valence-electron chi connectivity index (χ3n) is 3.70. The third kappa shape index (κ3) is 3.06. The number of carbonyl (C=O) groups is 1. The fourth-order valence-corrected chi connectivity index (χ4v) is 2.41. The molecule has 19 heavy (non-hydrogen) atoms. The summed E-state index contributed by atoms with van der Waals surface area (Å²) in [6.07, 6.45) is 2.85. The quantitative estimate of drug-likeness (QED) is 0.780. The molecule has 0 aliphatic rings. The zero-order chi connectivity index (χ0) is 14.8. The lowest BCUT2D eigenvalue weighted by molar-refractivity contribution is 0.0954. The van der Waals surface area contributed by atoms with Crippen molar-refractivity contribution in [2.75, 3.05) is 6.26 Å². The van der Waals surface area contributed by atoms with Crippen molar-refractivity contribution in [2.24, 2.45) is 0 Å². The molecule has 0 saturated heterocycles. The van der Waals surface area contributed by atoms with Crippen molar-refractivity contribution in [3.63, 3.8) is 0 Å². The topological polar surface area (TPSA) is 51.2 Å². The van der Waals surface area contributed by atoms with Crippen molar-refractivity contribution in [3.05, 3.63) is 34.9 Å². The Labute approximate surface area is 116 Å². The summed E-state index contributed by atoms with van der Waals surface area (Å²) in [6.45, 7) is 7.02. The first-order valence-electron chi connectivity index (χ1n) is 6.51. The van der Waals surface area contributed by atoms with Gasteiger partial charge in [-0.05, 0) is 43.9 Å². The molecule has 0 heterocycles. The predicted octanol–water partition coefficient (Wildman–Crippen LogP) is 2.82. The van der Waals surface area contributed by atoms with Gasteiger partial charge < -0.3 is 0 Å². The zero-order valence-corrected chi connectivity index (χ0v) is 13.1. The van der Waals surface area contributed by atoms with Crippen LogP contribution in [-0.4, -0.2) is 25.2 Å². The molecule has 0 atom stereocenters. The Kier molecular flexibility index (Phi) is 4.56. The number of aryl methyl sites for hydroxylation is 2. The summed E-state index contributed by atoms with van der Waals surface area (Å²) in [5.41, 5.74) is 2.79. The van der Waals surface area contributed by atoms with Gasteiger partial charge >= 0.3 is 0 Å². The number of carbonyl (C=O) groups excluding carboxylic acids is 1. The van der Waals surface area contributed by atoms with Crippen molar-refractivity contribution < 1.29 is 13.2 Å². The van der Waals surface area contributed by atoms with Gasteiger partial charge in [-0.1, -0.05) is 26.0 Å². The Bertz CT molecular complexity index is 583. The van der Waals surface area contributed by atoms with Crippen molar-refractivity contribution in [2.45, 2.75) is 45.3 Å². The van der Waals surface area contributed by atoms with Gasteiger partial charge in [-0.3, -0.25) is 4.79 Å².